The van der Waals surface area contributed by atoms with Crippen molar-refractivity contribution >= 4 is 23.0 Å². The molecule has 2 atom stereocenters. The number of ketones is 1. The number of thiophene rings is 1. The lowest BCUT2D eigenvalue weighted by Crippen LogP contribution is -2.62. The van der Waals surface area contributed by atoms with Gasteiger partial charge in [0.2, 0.25) is 0 Å². The number of Topliss-reactive ketones (excluding diaryl/α,β-unsaturated/α-hetero) is 1. The molecule has 0 radical (unpaired) electrons. The predicted molar refractivity (Wildman–Crippen MR) is 79.3 cm³/mol. The van der Waals surface area contributed by atoms with E-state index in [1.54, 1.807) is 12.1 Å². The number of nitrogens with one attached hydrogen (secondary N) is 1. The third-order valence-corrected chi connectivity index (χ3v) is 5.84. The molecule has 0 aromatic carbocycles. The van der Waals surface area contributed by atoms with Gasteiger partial charge >= 0.3 is 0 Å². The zero-order valence-electron chi connectivity index (χ0n) is 11.9. The van der Waals surface area contributed by atoms with Gasteiger partial charge in [-0.05, 0) is 57.8 Å². The number of piperidine rings is 3. The molecule has 3 aliphatic rings. The summed E-state index contributed by atoms with van der Waals surface area (Å²) in [6.45, 7) is 6.05. The first-order valence-electron chi connectivity index (χ1n) is 7.22. The van der Waals surface area contributed by atoms with Crippen LogP contribution in [0.1, 0.15) is 46.0 Å². The second-order valence-corrected chi connectivity index (χ2v) is 6.92. The Bertz CT molecular complexity index is 530. The zero-order chi connectivity index (χ0) is 14.3. The highest BCUT2D eigenvalue weighted by Crippen LogP contribution is 2.32. The maximum atomic E-state index is 12.3. The van der Waals surface area contributed by atoms with E-state index in [9.17, 15) is 9.59 Å². The third kappa shape index (κ3) is 2.40. The summed E-state index contributed by atoms with van der Waals surface area (Å²) in [6, 6.07) is 4.15. The Hall–Kier alpha value is -1.20. The van der Waals surface area contributed by atoms with Crippen molar-refractivity contribution in [2.75, 3.05) is 13.1 Å². The van der Waals surface area contributed by atoms with Crippen LogP contribution in [0, 0.1) is 5.92 Å². The molecule has 3 fully saturated rings. The van der Waals surface area contributed by atoms with Gasteiger partial charge in [0.15, 0.2) is 5.78 Å². The van der Waals surface area contributed by atoms with Gasteiger partial charge in [-0.1, -0.05) is 0 Å². The van der Waals surface area contributed by atoms with E-state index in [2.05, 4.69) is 17.1 Å². The van der Waals surface area contributed by atoms with Crippen molar-refractivity contribution in [2.45, 2.75) is 38.8 Å². The number of rotatable bonds is 3. The lowest BCUT2D eigenvalue weighted by atomic mass is 9.79. The minimum Gasteiger partial charge on any atom is -0.347 e. The molecule has 0 spiro atoms. The van der Waals surface area contributed by atoms with Crippen LogP contribution < -0.4 is 5.32 Å². The second-order valence-electron chi connectivity index (χ2n) is 5.83. The van der Waals surface area contributed by atoms with Crippen molar-refractivity contribution in [1.82, 2.24) is 10.2 Å². The van der Waals surface area contributed by atoms with Gasteiger partial charge in [-0.3, -0.25) is 14.5 Å². The molecule has 4 heterocycles. The minimum atomic E-state index is -0.0342. The Morgan fingerprint density at radius 2 is 1.90 bits per heavy atom. The SMILES string of the molecule is CC(=O)c1ccc(C(=O)NC2C3CCN(CC3)C2C)s1. The smallest absolute Gasteiger partial charge is 0.261 e. The van der Waals surface area contributed by atoms with Crippen LogP contribution >= 0.6 is 11.3 Å². The third-order valence-electron chi connectivity index (χ3n) is 4.65. The quantitative estimate of drug-likeness (QED) is 0.869. The molecule has 20 heavy (non-hydrogen) atoms. The summed E-state index contributed by atoms with van der Waals surface area (Å²) in [5, 5.41) is 3.19. The molecule has 3 saturated heterocycles. The van der Waals surface area contributed by atoms with Gasteiger partial charge in [0, 0.05) is 12.1 Å². The fourth-order valence-corrected chi connectivity index (χ4v) is 4.22. The van der Waals surface area contributed by atoms with E-state index in [0.29, 0.717) is 21.7 Å². The van der Waals surface area contributed by atoms with E-state index in [0.717, 1.165) is 13.1 Å². The van der Waals surface area contributed by atoms with Crippen LogP contribution in [-0.4, -0.2) is 41.8 Å². The van der Waals surface area contributed by atoms with Crippen LogP contribution in [0.4, 0.5) is 0 Å². The molecule has 1 N–H and O–H groups in total. The summed E-state index contributed by atoms with van der Waals surface area (Å²) >= 11 is 1.28. The van der Waals surface area contributed by atoms with Gasteiger partial charge in [0.05, 0.1) is 9.75 Å². The largest absolute Gasteiger partial charge is 0.347 e. The average Bonchev–Trinajstić information content (AvgIpc) is 2.93. The molecule has 2 unspecified atom stereocenters. The van der Waals surface area contributed by atoms with Crippen molar-refractivity contribution in [3.63, 3.8) is 0 Å². The highest BCUT2D eigenvalue weighted by Gasteiger charge is 2.40. The molecule has 1 aromatic rings. The summed E-state index contributed by atoms with van der Waals surface area (Å²) in [4.78, 5) is 27.4. The van der Waals surface area contributed by atoms with E-state index in [1.165, 1.54) is 31.1 Å². The van der Waals surface area contributed by atoms with Gasteiger partial charge < -0.3 is 5.32 Å². The van der Waals surface area contributed by atoms with Crippen LogP contribution in [-0.2, 0) is 0 Å². The first-order valence-corrected chi connectivity index (χ1v) is 8.03. The van der Waals surface area contributed by atoms with Crippen molar-refractivity contribution in [2.24, 2.45) is 5.92 Å². The molecule has 4 rings (SSSR count). The molecular formula is C15H20N2O2S. The number of nitrogens with zero attached hydrogens (tertiary/aromatic N) is 1. The standard InChI is InChI=1S/C15H20N2O2S/c1-9-14(11-5-7-17(9)8-6-11)16-15(19)13-4-3-12(20-13)10(2)18/h3-4,9,11,14H,5-8H2,1-2H3,(H,16,19). The molecule has 2 bridgehead atoms. The average molecular weight is 292 g/mol. The number of fused-ring (bicyclic) bond motifs is 3. The number of amides is 1. The fourth-order valence-electron chi connectivity index (χ4n) is 3.42. The van der Waals surface area contributed by atoms with Crippen molar-refractivity contribution in [3.05, 3.63) is 21.9 Å². The molecule has 0 saturated carbocycles. The Morgan fingerprint density at radius 1 is 1.25 bits per heavy atom. The molecule has 0 aliphatic carbocycles. The summed E-state index contributed by atoms with van der Waals surface area (Å²) in [5.74, 6) is 0.588. The zero-order valence-corrected chi connectivity index (χ0v) is 12.7. The fraction of sp³-hybridized carbons (Fsp3) is 0.600. The lowest BCUT2D eigenvalue weighted by Gasteiger charge is -2.49. The van der Waals surface area contributed by atoms with Crippen LogP contribution in [0.3, 0.4) is 0 Å². The van der Waals surface area contributed by atoms with Crippen LogP contribution in [0.2, 0.25) is 0 Å². The highest BCUT2D eigenvalue weighted by molar-refractivity contribution is 7.15. The summed E-state index contributed by atoms with van der Waals surface area (Å²) in [5.41, 5.74) is 0. The molecule has 3 aliphatic heterocycles. The summed E-state index contributed by atoms with van der Waals surface area (Å²) in [7, 11) is 0. The van der Waals surface area contributed by atoms with Crippen LogP contribution in [0.15, 0.2) is 12.1 Å². The Balaban J connectivity index is 1.70. The molecular weight excluding hydrogens is 272 g/mol. The maximum absolute atomic E-state index is 12.3. The first-order chi connectivity index (χ1) is 9.56. The molecule has 5 heteroatoms. The number of hydrogen-bond donors (Lipinski definition) is 1. The molecule has 1 amide bonds. The van der Waals surface area contributed by atoms with Crippen LogP contribution in [0.5, 0.6) is 0 Å². The van der Waals surface area contributed by atoms with Crippen molar-refractivity contribution < 1.29 is 9.59 Å². The number of carbonyl (C=O) groups is 2. The Labute approximate surface area is 123 Å². The van der Waals surface area contributed by atoms with Gasteiger partial charge in [0.25, 0.3) is 5.91 Å². The van der Waals surface area contributed by atoms with Gasteiger partial charge in [0.1, 0.15) is 0 Å². The molecule has 1 aromatic heterocycles. The minimum absolute atomic E-state index is 0.0188. The Kier molecular flexibility index (Phi) is 3.65. The van der Waals surface area contributed by atoms with E-state index in [4.69, 9.17) is 0 Å². The van der Waals surface area contributed by atoms with E-state index < -0.39 is 0 Å². The highest BCUT2D eigenvalue weighted by atomic mass is 32.1. The summed E-state index contributed by atoms with van der Waals surface area (Å²) < 4.78 is 0. The maximum Gasteiger partial charge on any atom is 0.261 e. The molecule has 4 nitrogen and oxygen atoms in total. The van der Waals surface area contributed by atoms with Gasteiger partial charge in [-0.2, -0.15) is 0 Å². The Morgan fingerprint density at radius 3 is 2.45 bits per heavy atom. The van der Waals surface area contributed by atoms with Crippen molar-refractivity contribution in [3.8, 4) is 0 Å². The van der Waals surface area contributed by atoms with Crippen molar-refractivity contribution in [1.29, 1.82) is 0 Å². The lowest BCUT2D eigenvalue weighted by molar-refractivity contribution is 0.0218. The van der Waals surface area contributed by atoms with Crippen LogP contribution in [0.25, 0.3) is 0 Å². The topological polar surface area (TPSA) is 49.4 Å². The first kappa shape index (κ1) is 13.8. The van der Waals surface area contributed by atoms with E-state index >= 15 is 0 Å². The van der Waals surface area contributed by atoms with E-state index in [1.807, 2.05) is 0 Å². The molecule has 108 valence electrons. The van der Waals surface area contributed by atoms with Gasteiger partial charge in [-0.15, -0.1) is 11.3 Å². The predicted octanol–water partition coefficient (Wildman–Crippen LogP) is 2.16. The second kappa shape index (κ2) is 5.30. The normalized spacial score (nSPS) is 32.1. The van der Waals surface area contributed by atoms with Gasteiger partial charge in [-0.25, -0.2) is 0 Å². The summed E-state index contributed by atoms with van der Waals surface area (Å²) in [6.07, 6.45) is 2.36. The number of carbonyl (C=O) groups excluding carboxylic acids is 2. The van der Waals surface area contributed by atoms with E-state index in [-0.39, 0.29) is 17.7 Å². The monoisotopic (exact) mass is 292 g/mol. The number of hydrogen-bond acceptors (Lipinski definition) is 4.